The Morgan fingerprint density at radius 3 is 2.12 bits per heavy atom. The van der Waals surface area contributed by atoms with Gasteiger partial charge in [-0.25, -0.2) is 0 Å². The summed E-state index contributed by atoms with van der Waals surface area (Å²) in [5.41, 5.74) is 4.15. The Balaban J connectivity index is 1.65. The van der Waals surface area contributed by atoms with Gasteiger partial charge in [-0.1, -0.05) is 54.1 Å². The van der Waals surface area contributed by atoms with Crippen molar-refractivity contribution < 1.29 is 9.59 Å². The molecule has 0 bridgehead atoms. The number of carbonyl (C=O) groups excluding carboxylic acids is 2. The lowest BCUT2D eigenvalue weighted by molar-refractivity contribution is -0.136. The zero-order valence-corrected chi connectivity index (χ0v) is 18.8. The highest BCUT2D eigenvalue weighted by Crippen LogP contribution is 2.31. The lowest BCUT2D eigenvalue weighted by Crippen LogP contribution is -2.34. The summed E-state index contributed by atoms with van der Waals surface area (Å²) in [6.45, 7) is 0.309. The van der Waals surface area contributed by atoms with Gasteiger partial charge in [0.1, 0.15) is 5.70 Å². The number of benzene rings is 3. The van der Waals surface area contributed by atoms with Gasteiger partial charge in [0.25, 0.3) is 11.8 Å². The van der Waals surface area contributed by atoms with Crippen LogP contribution >= 0.6 is 11.6 Å². The third-order valence-electron chi connectivity index (χ3n) is 5.42. The fourth-order valence-electron chi connectivity index (χ4n) is 3.65. The van der Waals surface area contributed by atoms with Gasteiger partial charge in [0.05, 0.1) is 5.57 Å². The predicted molar refractivity (Wildman–Crippen MR) is 130 cm³/mol. The van der Waals surface area contributed by atoms with E-state index < -0.39 is 0 Å². The minimum Gasteiger partial charge on any atom is -0.378 e. The lowest BCUT2D eigenvalue weighted by Gasteiger charge is -2.16. The van der Waals surface area contributed by atoms with Gasteiger partial charge in [0.2, 0.25) is 0 Å². The lowest BCUT2D eigenvalue weighted by atomic mass is 10.0. The SMILES string of the molecule is CN(C)c1ccc(NC2=C(c3ccc(Cl)cc3)C(=O)N(CCc3ccccc3)C2=O)cc1. The van der Waals surface area contributed by atoms with E-state index in [1.165, 1.54) is 4.90 Å². The molecule has 1 aliphatic rings. The van der Waals surface area contributed by atoms with Crippen LogP contribution in [-0.4, -0.2) is 37.4 Å². The largest absolute Gasteiger partial charge is 0.378 e. The van der Waals surface area contributed by atoms with Crippen LogP contribution in [-0.2, 0) is 16.0 Å². The maximum absolute atomic E-state index is 13.3. The van der Waals surface area contributed by atoms with Crippen LogP contribution in [0.1, 0.15) is 11.1 Å². The Hall–Kier alpha value is -3.57. The molecule has 0 unspecified atom stereocenters. The number of anilines is 2. The molecule has 4 rings (SSSR count). The molecule has 0 aliphatic carbocycles. The van der Waals surface area contributed by atoms with E-state index in [2.05, 4.69) is 5.32 Å². The van der Waals surface area contributed by atoms with Gasteiger partial charge >= 0.3 is 0 Å². The highest BCUT2D eigenvalue weighted by Gasteiger charge is 2.38. The zero-order valence-electron chi connectivity index (χ0n) is 18.0. The molecule has 3 aromatic rings. The Labute approximate surface area is 192 Å². The van der Waals surface area contributed by atoms with Crippen LogP contribution in [0.25, 0.3) is 5.57 Å². The van der Waals surface area contributed by atoms with E-state index in [1.54, 1.807) is 24.3 Å². The van der Waals surface area contributed by atoms with E-state index >= 15 is 0 Å². The summed E-state index contributed by atoms with van der Waals surface area (Å²) in [4.78, 5) is 30.0. The molecule has 0 atom stereocenters. The number of nitrogens with zero attached hydrogens (tertiary/aromatic N) is 2. The number of halogens is 1. The summed E-state index contributed by atoms with van der Waals surface area (Å²) in [5, 5.41) is 3.76. The smallest absolute Gasteiger partial charge is 0.278 e. The summed E-state index contributed by atoms with van der Waals surface area (Å²) >= 11 is 6.04. The van der Waals surface area contributed by atoms with Crippen LogP contribution in [0.4, 0.5) is 11.4 Å². The van der Waals surface area contributed by atoms with Crippen molar-refractivity contribution in [3.8, 4) is 0 Å². The van der Waals surface area contributed by atoms with Crippen LogP contribution in [0.2, 0.25) is 5.02 Å². The summed E-state index contributed by atoms with van der Waals surface area (Å²) in [6, 6.07) is 24.5. The predicted octanol–water partition coefficient (Wildman–Crippen LogP) is 4.84. The van der Waals surface area contributed by atoms with Crippen LogP contribution in [0, 0.1) is 0 Å². The van der Waals surface area contributed by atoms with Gasteiger partial charge in [0, 0.05) is 37.0 Å². The quantitative estimate of drug-likeness (QED) is 0.529. The molecule has 162 valence electrons. The van der Waals surface area contributed by atoms with Gasteiger partial charge in [0.15, 0.2) is 0 Å². The average Bonchev–Trinajstić information content (AvgIpc) is 3.03. The second-order valence-electron chi connectivity index (χ2n) is 7.82. The molecule has 1 N–H and O–H groups in total. The standard InChI is InChI=1S/C26H24ClN3O2/c1-29(2)22-14-12-21(13-15-22)28-24-23(19-8-10-20(27)11-9-19)25(31)30(26(24)32)17-16-18-6-4-3-5-7-18/h3-15,28H,16-17H2,1-2H3. The van der Waals surface area contributed by atoms with Crippen molar-refractivity contribution in [2.45, 2.75) is 6.42 Å². The Morgan fingerprint density at radius 2 is 1.50 bits per heavy atom. The first-order valence-corrected chi connectivity index (χ1v) is 10.8. The number of imide groups is 1. The van der Waals surface area contributed by atoms with Crippen molar-refractivity contribution in [3.05, 3.63) is 101 Å². The fraction of sp³-hybridized carbons (Fsp3) is 0.154. The highest BCUT2D eigenvalue weighted by molar-refractivity contribution is 6.36. The normalized spacial score (nSPS) is 13.7. The number of rotatable bonds is 7. The van der Waals surface area contributed by atoms with Crippen LogP contribution in [0.3, 0.4) is 0 Å². The number of carbonyl (C=O) groups is 2. The van der Waals surface area contributed by atoms with Crippen molar-refractivity contribution in [1.82, 2.24) is 4.90 Å². The summed E-state index contributed by atoms with van der Waals surface area (Å²) < 4.78 is 0. The Bertz CT molecular complexity index is 1150. The minimum absolute atomic E-state index is 0.281. The molecule has 0 radical (unpaired) electrons. The van der Waals surface area contributed by atoms with E-state index in [0.717, 1.165) is 16.9 Å². The molecule has 6 heteroatoms. The molecule has 1 heterocycles. The van der Waals surface area contributed by atoms with Crippen molar-refractivity contribution in [3.63, 3.8) is 0 Å². The fourth-order valence-corrected chi connectivity index (χ4v) is 3.78. The van der Waals surface area contributed by atoms with E-state index in [0.29, 0.717) is 29.1 Å². The maximum Gasteiger partial charge on any atom is 0.278 e. The maximum atomic E-state index is 13.3. The third kappa shape index (κ3) is 4.53. The molecule has 2 amide bonds. The first kappa shape index (κ1) is 21.7. The van der Waals surface area contributed by atoms with Crippen molar-refractivity contribution in [2.75, 3.05) is 30.9 Å². The second-order valence-corrected chi connectivity index (χ2v) is 8.26. The molecule has 5 nitrogen and oxygen atoms in total. The average molecular weight is 446 g/mol. The van der Waals surface area contributed by atoms with Crippen LogP contribution in [0.15, 0.2) is 84.6 Å². The van der Waals surface area contributed by atoms with Crippen LogP contribution < -0.4 is 10.2 Å². The van der Waals surface area contributed by atoms with Gasteiger partial charge in [-0.15, -0.1) is 0 Å². The topological polar surface area (TPSA) is 52.7 Å². The minimum atomic E-state index is -0.326. The van der Waals surface area contributed by atoms with Crippen molar-refractivity contribution in [1.29, 1.82) is 0 Å². The van der Waals surface area contributed by atoms with E-state index in [-0.39, 0.29) is 17.5 Å². The molecule has 32 heavy (non-hydrogen) atoms. The van der Waals surface area contributed by atoms with E-state index in [4.69, 9.17) is 11.6 Å². The first-order valence-electron chi connectivity index (χ1n) is 10.4. The van der Waals surface area contributed by atoms with Gasteiger partial charge < -0.3 is 10.2 Å². The first-order chi connectivity index (χ1) is 15.4. The number of nitrogens with one attached hydrogen (secondary N) is 1. The molecule has 0 saturated heterocycles. The Morgan fingerprint density at radius 1 is 0.844 bits per heavy atom. The van der Waals surface area contributed by atoms with Crippen LogP contribution in [0.5, 0.6) is 0 Å². The van der Waals surface area contributed by atoms with Gasteiger partial charge in [-0.05, 0) is 53.9 Å². The number of amides is 2. The van der Waals surface area contributed by atoms with Crippen molar-refractivity contribution in [2.24, 2.45) is 0 Å². The Kier molecular flexibility index (Phi) is 6.28. The van der Waals surface area contributed by atoms with Gasteiger partial charge in [-0.2, -0.15) is 0 Å². The zero-order chi connectivity index (χ0) is 22.7. The summed E-state index contributed by atoms with van der Waals surface area (Å²) in [5.74, 6) is -0.631. The highest BCUT2D eigenvalue weighted by atomic mass is 35.5. The van der Waals surface area contributed by atoms with Gasteiger partial charge in [-0.3, -0.25) is 14.5 Å². The van der Waals surface area contributed by atoms with Crippen molar-refractivity contribution >= 4 is 40.4 Å². The molecule has 0 aromatic heterocycles. The number of hydrogen-bond acceptors (Lipinski definition) is 4. The van der Waals surface area contributed by atoms with E-state index in [1.807, 2.05) is 73.6 Å². The molecular weight excluding hydrogens is 422 g/mol. The second kappa shape index (κ2) is 9.28. The monoisotopic (exact) mass is 445 g/mol. The summed E-state index contributed by atoms with van der Waals surface area (Å²) in [6.07, 6.45) is 0.594. The molecule has 3 aromatic carbocycles. The molecule has 0 saturated carbocycles. The molecular formula is C26H24ClN3O2. The number of hydrogen-bond donors (Lipinski definition) is 1. The molecule has 0 fully saturated rings. The summed E-state index contributed by atoms with van der Waals surface area (Å²) in [7, 11) is 3.93. The van der Waals surface area contributed by atoms with E-state index in [9.17, 15) is 9.59 Å². The third-order valence-corrected chi connectivity index (χ3v) is 5.67. The molecule has 1 aliphatic heterocycles. The molecule has 0 spiro atoms.